The maximum Gasteiger partial charge on any atom is 0.137 e. The van der Waals surface area contributed by atoms with E-state index in [-0.39, 0.29) is 0 Å². The molecule has 0 unspecified atom stereocenters. The lowest BCUT2D eigenvalue weighted by molar-refractivity contribution is 0.340. The normalized spacial score (nSPS) is 10.4. The number of hydrogen-bond donors (Lipinski definition) is 2. The highest BCUT2D eigenvalue weighted by Gasteiger charge is 2.12. The topological polar surface area (TPSA) is 49.9 Å². The van der Waals surface area contributed by atoms with Gasteiger partial charge in [0.25, 0.3) is 0 Å². The Morgan fingerprint density at radius 1 is 1.44 bits per heavy atom. The average molecular weight is 266 g/mol. The quantitative estimate of drug-likeness (QED) is 0.890. The summed E-state index contributed by atoms with van der Waals surface area (Å²) in [4.78, 5) is 0. The van der Waals surface area contributed by atoms with Gasteiger partial charge in [0.15, 0.2) is 0 Å². The molecular weight excluding hydrogens is 250 g/mol. The van der Waals surface area contributed by atoms with Crippen LogP contribution in [0.4, 0.5) is 5.69 Å². The largest absolute Gasteiger partial charge is 0.492 e. The van der Waals surface area contributed by atoms with Crippen molar-refractivity contribution in [3.8, 4) is 17.0 Å². The van der Waals surface area contributed by atoms with Crippen LogP contribution in [0, 0.1) is 6.92 Å². The Hall–Kier alpha value is -1.68. The number of rotatable bonds is 4. The van der Waals surface area contributed by atoms with E-state index in [1.165, 1.54) is 0 Å². The fraction of sp³-hybridized carbons (Fsp3) is 0.308. The van der Waals surface area contributed by atoms with Crippen molar-refractivity contribution in [2.75, 3.05) is 19.0 Å². The van der Waals surface area contributed by atoms with E-state index in [0.29, 0.717) is 17.4 Å². The molecule has 4 nitrogen and oxygen atoms in total. The van der Waals surface area contributed by atoms with Crippen molar-refractivity contribution in [2.45, 2.75) is 13.8 Å². The summed E-state index contributed by atoms with van der Waals surface area (Å²) in [6.07, 6.45) is 0. The van der Waals surface area contributed by atoms with Crippen molar-refractivity contribution in [1.82, 2.24) is 10.2 Å². The molecule has 0 saturated heterocycles. The van der Waals surface area contributed by atoms with Gasteiger partial charge in [0.1, 0.15) is 11.4 Å². The van der Waals surface area contributed by atoms with Crippen molar-refractivity contribution in [3.63, 3.8) is 0 Å². The minimum Gasteiger partial charge on any atom is -0.492 e. The number of ether oxygens (including phenoxy) is 1. The predicted molar refractivity (Wildman–Crippen MR) is 74.5 cm³/mol. The Morgan fingerprint density at radius 3 is 2.83 bits per heavy atom. The number of benzene rings is 1. The van der Waals surface area contributed by atoms with Crippen molar-refractivity contribution in [1.29, 1.82) is 0 Å². The van der Waals surface area contributed by atoms with Gasteiger partial charge in [-0.3, -0.25) is 5.10 Å². The monoisotopic (exact) mass is 265 g/mol. The molecule has 0 aliphatic rings. The summed E-state index contributed by atoms with van der Waals surface area (Å²) in [5, 5.41) is 11.0. The lowest BCUT2D eigenvalue weighted by Gasteiger charge is -2.08. The first kappa shape index (κ1) is 12.8. The maximum absolute atomic E-state index is 6.18. The number of aryl methyl sites for hydroxylation is 1. The fourth-order valence-corrected chi connectivity index (χ4v) is 2.10. The van der Waals surface area contributed by atoms with Crippen LogP contribution < -0.4 is 10.1 Å². The third-order valence-electron chi connectivity index (χ3n) is 2.70. The number of hydrogen-bond acceptors (Lipinski definition) is 3. The van der Waals surface area contributed by atoms with Gasteiger partial charge >= 0.3 is 0 Å². The summed E-state index contributed by atoms with van der Waals surface area (Å²) in [6, 6.07) is 5.68. The molecule has 1 aromatic heterocycles. The van der Waals surface area contributed by atoms with Crippen LogP contribution in [0.5, 0.6) is 5.75 Å². The number of nitrogens with one attached hydrogen (secondary N) is 2. The molecule has 0 saturated carbocycles. The van der Waals surface area contributed by atoms with E-state index in [1.807, 2.05) is 39.1 Å². The highest BCUT2D eigenvalue weighted by molar-refractivity contribution is 6.32. The van der Waals surface area contributed by atoms with Crippen LogP contribution in [0.3, 0.4) is 0 Å². The summed E-state index contributed by atoms with van der Waals surface area (Å²) < 4.78 is 5.41. The van der Waals surface area contributed by atoms with E-state index in [9.17, 15) is 0 Å². The van der Waals surface area contributed by atoms with Crippen molar-refractivity contribution >= 4 is 17.3 Å². The van der Waals surface area contributed by atoms with Gasteiger partial charge in [-0.05, 0) is 32.0 Å². The van der Waals surface area contributed by atoms with E-state index in [2.05, 4.69) is 15.5 Å². The molecule has 2 N–H and O–H groups in total. The smallest absolute Gasteiger partial charge is 0.137 e. The summed E-state index contributed by atoms with van der Waals surface area (Å²) in [6.45, 7) is 4.50. The minimum atomic E-state index is 0.594. The molecule has 0 amide bonds. The van der Waals surface area contributed by atoms with Gasteiger partial charge in [0.2, 0.25) is 0 Å². The van der Waals surface area contributed by atoms with E-state index >= 15 is 0 Å². The second-order valence-corrected chi connectivity index (χ2v) is 4.31. The van der Waals surface area contributed by atoms with Gasteiger partial charge < -0.3 is 10.1 Å². The molecule has 5 heteroatoms. The van der Waals surface area contributed by atoms with Gasteiger partial charge in [0, 0.05) is 12.6 Å². The molecule has 1 heterocycles. The molecule has 2 rings (SSSR count). The minimum absolute atomic E-state index is 0.594. The first-order valence-corrected chi connectivity index (χ1v) is 6.20. The van der Waals surface area contributed by atoms with Crippen LogP contribution in [0.25, 0.3) is 11.3 Å². The average Bonchev–Trinajstić information content (AvgIpc) is 2.73. The lowest BCUT2D eigenvalue weighted by atomic mass is 10.1. The van der Waals surface area contributed by atoms with Crippen LogP contribution in [0.2, 0.25) is 5.02 Å². The maximum atomic E-state index is 6.18. The van der Waals surface area contributed by atoms with E-state index in [1.54, 1.807) is 0 Å². The summed E-state index contributed by atoms with van der Waals surface area (Å²) in [5.41, 5.74) is 3.80. The zero-order valence-corrected chi connectivity index (χ0v) is 11.4. The molecular formula is C13H16ClN3O. The van der Waals surface area contributed by atoms with E-state index < -0.39 is 0 Å². The van der Waals surface area contributed by atoms with Crippen molar-refractivity contribution < 1.29 is 4.74 Å². The van der Waals surface area contributed by atoms with Crippen LogP contribution in [0.15, 0.2) is 18.2 Å². The zero-order chi connectivity index (χ0) is 13.1. The highest BCUT2D eigenvalue weighted by atomic mass is 35.5. The second-order valence-electron chi connectivity index (χ2n) is 3.90. The Balaban J connectivity index is 2.42. The third kappa shape index (κ3) is 2.29. The molecule has 0 radical (unpaired) electrons. The Morgan fingerprint density at radius 2 is 2.22 bits per heavy atom. The summed E-state index contributed by atoms with van der Waals surface area (Å²) in [5.74, 6) is 0.696. The molecule has 0 aliphatic carbocycles. The molecule has 0 bridgehead atoms. The number of halogens is 1. The molecule has 0 spiro atoms. The zero-order valence-electron chi connectivity index (χ0n) is 10.7. The number of anilines is 1. The van der Waals surface area contributed by atoms with Crippen molar-refractivity contribution in [2.24, 2.45) is 0 Å². The molecule has 0 aliphatic heterocycles. The van der Waals surface area contributed by atoms with Crippen LogP contribution in [0.1, 0.15) is 12.6 Å². The van der Waals surface area contributed by atoms with Gasteiger partial charge in [-0.25, -0.2) is 0 Å². The van der Waals surface area contributed by atoms with Crippen LogP contribution >= 0.6 is 11.6 Å². The van der Waals surface area contributed by atoms with Crippen LogP contribution in [-0.4, -0.2) is 23.9 Å². The standard InChI is InChI=1S/C13H16ClN3O/c1-4-18-11-6-5-9(7-10(11)14)13-12(15-3)8(2)16-17-13/h5-7,15H,4H2,1-3H3,(H,16,17). The molecule has 0 atom stereocenters. The SMILES string of the molecule is CCOc1ccc(-c2n[nH]c(C)c2NC)cc1Cl. The Kier molecular flexibility index (Phi) is 3.77. The van der Waals surface area contributed by atoms with Gasteiger partial charge in [0.05, 0.1) is 23.0 Å². The van der Waals surface area contributed by atoms with Gasteiger partial charge in [-0.15, -0.1) is 0 Å². The number of aromatic nitrogens is 2. The summed E-state index contributed by atoms with van der Waals surface area (Å²) >= 11 is 6.18. The molecule has 2 aromatic rings. The third-order valence-corrected chi connectivity index (χ3v) is 3.00. The first-order valence-electron chi connectivity index (χ1n) is 5.82. The first-order chi connectivity index (χ1) is 8.67. The van der Waals surface area contributed by atoms with E-state index in [0.717, 1.165) is 22.6 Å². The molecule has 0 fully saturated rings. The second kappa shape index (κ2) is 5.31. The molecule has 96 valence electrons. The van der Waals surface area contributed by atoms with Gasteiger partial charge in [-0.1, -0.05) is 11.6 Å². The summed E-state index contributed by atoms with van der Waals surface area (Å²) in [7, 11) is 1.87. The predicted octanol–water partition coefficient (Wildman–Crippen LogP) is 3.48. The van der Waals surface area contributed by atoms with Gasteiger partial charge in [-0.2, -0.15) is 5.10 Å². The Labute approximate surface area is 111 Å². The van der Waals surface area contributed by atoms with E-state index in [4.69, 9.17) is 16.3 Å². The number of aromatic amines is 1. The fourth-order valence-electron chi connectivity index (χ4n) is 1.86. The highest BCUT2D eigenvalue weighted by Crippen LogP contribution is 2.33. The molecule has 18 heavy (non-hydrogen) atoms. The Bertz CT molecular complexity index is 551. The van der Waals surface area contributed by atoms with Crippen molar-refractivity contribution in [3.05, 3.63) is 28.9 Å². The number of H-pyrrole nitrogens is 1. The van der Waals surface area contributed by atoms with Crippen LogP contribution in [-0.2, 0) is 0 Å². The number of nitrogens with zero attached hydrogens (tertiary/aromatic N) is 1. The lowest BCUT2D eigenvalue weighted by Crippen LogP contribution is -1.94. The molecule has 1 aromatic carbocycles.